The van der Waals surface area contributed by atoms with Gasteiger partial charge < -0.3 is 9.15 Å². The fourth-order valence-electron chi connectivity index (χ4n) is 3.19. The zero-order chi connectivity index (χ0) is 20.3. The predicted octanol–water partition coefficient (Wildman–Crippen LogP) is 3.11. The molecule has 1 aliphatic heterocycles. The summed E-state index contributed by atoms with van der Waals surface area (Å²) in [5.74, 6) is -0.0244. The maximum absolute atomic E-state index is 12.6. The van der Waals surface area contributed by atoms with E-state index in [2.05, 4.69) is 0 Å². The monoisotopic (exact) mass is 405 g/mol. The Kier molecular flexibility index (Phi) is 6.00. The highest BCUT2D eigenvalue weighted by Crippen LogP contribution is 2.21. The summed E-state index contributed by atoms with van der Waals surface area (Å²) in [6.45, 7) is 3.97. The smallest absolute Gasteiger partial charge is 0.342 e. The van der Waals surface area contributed by atoms with Crippen LogP contribution in [0.2, 0.25) is 0 Å². The number of nitrogens with zero attached hydrogens (tertiary/aromatic N) is 1. The number of esters is 1. The number of sulfonamides is 1. The topological polar surface area (TPSA) is 93.9 Å². The third-order valence-electron chi connectivity index (χ3n) is 4.72. The minimum Gasteiger partial charge on any atom is -0.466 e. The van der Waals surface area contributed by atoms with E-state index in [1.807, 2.05) is 0 Å². The van der Waals surface area contributed by atoms with E-state index in [4.69, 9.17) is 9.15 Å². The van der Waals surface area contributed by atoms with Crippen LogP contribution in [-0.4, -0.2) is 44.2 Å². The summed E-state index contributed by atoms with van der Waals surface area (Å²) in [5, 5.41) is 0. The van der Waals surface area contributed by atoms with Gasteiger partial charge in [0.15, 0.2) is 12.4 Å². The van der Waals surface area contributed by atoms with Gasteiger partial charge in [-0.05, 0) is 57.0 Å². The van der Waals surface area contributed by atoms with Crippen molar-refractivity contribution >= 4 is 21.8 Å². The lowest BCUT2D eigenvalue weighted by atomic mass is 10.1. The van der Waals surface area contributed by atoms with E-state index in [9.17, 15) is 18.0 Å². The van der Waals surface area contributed by atoms with Gasteiger partial charge in [-0.25, -0.2) is 13.2 Å². The lowest BCUT2D eigenvalue weighted by Crippen LogP contribution is -2.35. The number of carbonyl (C=O) groups excluding carboxylic acids is 2. The van der Waals surface area contributed by atoms with Crippen LogP contribution in [0.4, 0.5) is 0 Å². The lowest BCUT2D eigenvalue weighted by Gasteiger charge is -2.25. The molecule has 8 heteroatoms. The van der Waals surface area contributed by atoms with Crippen LogP contribution in [-0.2, 0) is 14.8 Å². The normalized spacial score (nSPS) is 15.4. The van der Waals surface area contributed by atoms with Crippen molar-refractivity contribution in [2.24, 2.45) is 0 Å². The molecule has 150 valence electrons. The molecule has 2 heterocycles. The van der Waals surface area contributed by atoms with Crippen LogP contribution in [0.3, 0.4) is 0 Å². The Balaban J connectivity index is 1.63. The van der Waals surface area contributed by atoms with Gasteiger partial charge in [-0.2, -0.15) is 4.31 Å². The van der Waals surface area contributed by atoms with E-state index in [1.165, 1.54) is 28.6 Å². The average Bonchev–Trinajstić information content (AvgIpc) is 3.04. The molecule has 1 fully saturated rings. The molecule has 7 nitrogen and oxygen atoms in total. The molecule has 28 heavy (non-hydrogen) atoms. The van der Waals surface area contributed by atoms with Crippen molar-refractivity contribution < 1.29 is 27.2 Å². The molecule has 0 N–H and O–H groups in total. The van der Waals surface area contributed by atoms with E-state index >= 15 is 0 Å². The Morgan fingerprint density at radius 1 is 1.07 bits per heavy atom. The number of ketones is 1. The average molecular weight is 405 g/mol. The Labute approximate surface area is 164 Å². The third-order valence-corrected chi connectivity index (χ3v) is 6.64. The Hall–Kier alpha value is -2.45. The molecule has 0 atom stereocenters. The maximum Gasteiger partial charge on any atom is 0.342 e. The van der Waals surface area contributed by atoms with Crippen LogP contribution in [0.1, 0.15) is 51.5 Å². The molecule has 3 rings (SSSR count). The first-order valence-electron chi connectivity index (χ1n) is 9.16. The SMILES string of the molecule is Cc1cc(C(=O)OCC(=O)c2ccc(S(=O)(=O)N3CCCCC3)cc2)c(C)o1. The zero-order valence-electron chi connectivity index (χ0n) is 15.9. The number of furan rings is 1. The van der Waals surface area contributed by atoms with Gasteiger partial charge in [-0.15, -0.1) is 0 Å². The highest BCUT2D eigenvalue weighted by molar-refractivity contribution is 7.89. The van der Waals surface area contributed by atoms with Crippen molar-refractivity contribution in [1.82, 2.24) is 4.31 Å². The predicted molar refractivity (Wildman–Crippen MR) is 102 cm³/mol. The second-order valence-corrected chi connectivity index (χ2v) is 8.75. The van der Waals surface area contributed by atoms with E-state index in [-0.39, 0.29) is 16.0 Å². The molecular formula is C20H23NO6S. The van der Waals surface area contributed by atoms with E-state index in [1.54, 1.807) is 19.9 Å². The molecule has 0 aliphatic carbocycles. The van der Waals surface area contributed by atoms with Gasteiger partial charge in [0.1, 0.15) is 17.1 Å². The van der Waals surface area contributed by atoms with Crippen LogP contribution in [0.5, 0.6) is 0 Å². The molecule has 1 aliphatic rings. The molecule has 0 bridgehead atoms. The number of carbonyl (C=O) groups is 2. The van der Waals surface area contributed by atoms with Gasteiger partial charge >= 0.3 is 5.97 Å². The van der Waals surface area contributed by atoms with Crippen LogP contribution in [0.15, 0.2) is 39.6 Å². The summed E-state index contributed by atoms with van der Waals surface area (Å²) < 4.78 is 37.1. The molecule has 0 spiro atoms. The molecule has 1 aromatic heterocycles. The van der Waals surface area contributed by atoms with Gasteiger partial charge in [0.05, 0.1) is 4.90 Å². The molecule has 0 saturated carbocycles. The largest absolute Gasteiger partial charge is 0.466 e. The van der Waals surface area contributed by atoms with Crippen molar-refractivity contribution in [3.63, 3.8) is 0 Å². The van der Waals surface area contributed by atoms with Gasteiger partial charge in [-0.1, -0.05) is 6.42 Å². The van der Waals surface area contributed by atoms with Crippen molar-refractivity contribution in [3.8, 4) is 0 Å². The molecule has 0 radical (unpaired) electrons. The molecule has 1 aromatic carbocycles. The number of hydrogen-bond acceptors (Lipinski definition) is 6. The quantitative estimate of drug-likeness (QED) is 0.541. The summed E-state index contributed by atoms with van der Waals surface area (Å²) in [6.07, 6.45) is 2.75. The number of rotatable bonds is 6. The maximum atomic E-state index is 12.6. The number of aryl methyl sites for hydroxylation is 2. The van der Waals surface area contributed by atoms with Crippen molar-refractivity contribution in [2.75, 3.05) is 19.7 Å². The molecular weight excluding hydrogens is 382 g/mol. The summed E-state index contributed by atoms with van der Waals surface area (Å²) in [4.78, 5) is 24.5. The Morgan fingerprint density at radius 3 is 2.29 bits per heavy atom. The molecule has 1 saturated heterocycles. The second-order valence-electron chi connectivity index (χ2n) is 6.82. The van der Waals surface area contributed by atoms with Crippen molar-refractivity contribution in [2.45, 2.75) is 38.0 Å². The van der Waals surface area contributed by atoms with E-state index < -0.39 is 28.4 Å². The van der Waals surface area contributed by atoms with E-state index in [0.29, 0.717) is 24.6 Å². The number of benzene rings is 1. The van der Waals surface area contributed by atoms with Crippen LogP contribution in [0.25, 0.3) is 0 Å². The minimum atomic E-state index is -3.54. The summed E-state index contributed by atoms with van der Waals surface area (Å²) in [6, 6.07) is 7.29. The first-order valence-corrected chi connectivity index (χ1v) is 10.6. The zero-order valence-corrected chi connectivity index (χ0v) is 16.8. The van der Waals surface area contributed by atoms with E-state index in [0.717, 1.165) is 19.3 Å². The molecule has 0 amide bonds. The summed E-state index contributed by atoms with van der Waals surface area (Å²) in [5.41, 5.74) is 0.568. The number of hydrogen-bond donors (Lipinski definition) is 0. The summed E-state index contributed by atoms with van der Waals surface area (Å²) in [7, 11) is -3.54. The fourth-order valence-corrected chi connectivity index (χ4v) is 4.71. The standard InChI is InChI=1S/C20H23NO6S/c1-14-12-18(15(2)27-14)20(23)26-13-19(22)16-6-8-17(9-7-16)28(24,25)21-10-4-3-5-11-21/h6-9,12H,3-5,10-11,13H2,1-2H3. The first-order chi connectivity index (χ1) is 13.3. The van der Waals surface area contributed by atoms with Gasteiger partial charge in [-0.3, -0.25) is 4.79 Å². The van der Waals surface area contributed by atoms with Crippen LogP contribution < -0.4 is 0 Å². The fraction of sp³-hybridized carbons (Fsp3) is 0.400. The van der Waals surface area contributed by atoms with Gasteiger partial charge in [0.25, 0.3) is 0 Å². The highest BCUT2D eigenvalue weighted by atomic mass is 32.2. The number of piperidine rings is 1. The van der Waals surface area contributed by atoms with Gasteiger partial charge in [0, 0.05) is 18.7 Å². The van der Waals surface area contributed by atoms with Crippen molar-refractivity contribution in [3.05, 3.63) is 53.0 Å². The van der Waals surface area contributed by atoms with Crippen molar-refractivity contribution in [1.29, 1.82) is 0 Å². The Bertz CT molecular complexity index is 969. The first kappa shape index (κ1) is 20.3. The Morgan fingerprint density at radius 2 is 1.71 bits per heavy atom. The minimum absolute atomic E-state index is 0.160. The number of Topliss-reactive ketones (excluding diaryl/α,β-unsaturated/α-hetero) is 1. The molecule has 2 aromatic rings. The van der Waals surface area contributed by atoms with Gasteiger partial charge in [0.2, 0.25) is 10.0 Å². The third kappa shape index (κ3) is 4.34. The lowest BCUT2D eigenvalue weighted by molar-refractivity contribution is 0.0473. The summed E-state index contributed by atoms with van der Waals surface area (Å²) >= 11 is 0. The second kappa shape index (κ2) is 8.28. The van der Waals surface area contributed by atoms with Crippen LogP contribution in [0, 0.1) is 13.8 Å². The van der Waals surface area contributed by atoms with Crippen LogP contribution >= 0.6 is 0 Å². The molecule has 0 unspecified atom stereocenters. The highest BCUT2D eigenvalue weighted by Gasteiger charge is 2.26. The number of ether oxygens (including phenoxy) is 1.